The number of rotatable bonds is 5. The monoisotopic (exact) mass is 314 g/mol. The highest BCUT2D eigenvalue weighted by Gasteiger charge is 2.28. The van der Waals surface area contributed by atoms with Gasteiger partial charge in [-0.25, -0.2) is 4.79 Å². The van der Waals surface area contributed by atoms with Crippen molar-refractivity contribution in [2.75, 3.05) is 26.2 Å². The van der Waals surface area contributed by atoms with Crippen molar-refractivity contribution >= 4 is 6.09 Å². The van der Waals surface area contributed by atoms with Gasteiger partial charge in [-0.3, -0.25) is 0 Å². The van der Waals surface area contributed by atoms with Crippen LogP contribution >= 0.6 is 0 Å². The summed E-state index contributed by atoms with van der Waals surface area (Å²) in [5.74, 6) is 0. The quantitative estimate of drug-likeness (QED) is 0.819. The molecule has 2 unspecified atom stereocenters. The van der Waals surface area contributed by atoms with E-state index in [-0.39, 0.29) is 24.2 Å². The minimum absolute atomic E-state index is 0.0942. The number of hydrogen-bond donors (Lipinski definition) is 2. The number of hydrogen-bond acceptors (Lipinski definition) is 4. The Morgan fingerprint density at radius 1 is 1.32 bits per heavy atom. The van der Waals surface area contributed by atoms with Gasteiger partial charge in [0.2, 0.25) is 0 Å². The molecule has 0 saturated carbocycles. The number of nitrogens with one attached hydrogen (secondary N) is 1. The first-order valence-corrected chi connectivity index (χ1v) is 8.51. The standard InChI is InChI=1S/C17H34N2O3/c1-6-17(5,13-20)12-18-14-9-7-8-10-19(11-14)15(21)22-16(2,3)4/h14,18,20H,6-13H2,1-5H3. The molecule has 1 fully saturated rings. The third-order valence-corrected chi connectivity index (χ3v) is 4.38. The van der Waals surface area contributed by atoms with E-state index >= 15 is 0 Å². The van der Waals surface area contributed by atoms with Gasteiger partial charge >= 0.3 is 6.09 Å². The van der Waals surface area contributed by atoms with E-state index < -0.39 is 5.60 Å². The number of likely N-dealkylation sites (tertiary alicyclic amines) is 1. The third kappa shape index (κ3) is 6.53. The van der Waals surface area contributed by atoms with Crippen LogP contribution in [-0.4, -0.2) is 54.0 Å². The SMILES string of the molecule is CCC(C)(CO)CNC1CCCCN(C(=O)OC(C)(C)C)C1. The number of amides is 1. The minimum Gasteiger partial charge on any atom is -0.444 e. The molecule has 1 heterocycles. The van der Waals surface area contributed by atoms with Gasteiger partial charge in [0.15, 0.2) is 0 Å². The van der Waals surface area contributed by atoms with Gasteiger partial charge in [0.05, 0.1) is 0 Å². The van der Waals surface area contributed by atoms with Crippen LogP contribution in [0.25, 0.3) is 0 Å². The highest BCUT2D eigenvalue weighted by molar-refractivity contribution is 5.68. The smallest absolute Gasteiger partial charge is 0.410 e. The Labute approximate surface area is 135 Å². The fourth-order valence-electron chi connectivity index (χ4n) is 2.48. The maximum Gasteiger partial charge on any atom is 0.410 e. The number of nitrogens with zero attached hydrogens (tertiary/aromatic N) is 1. The Balaban J connectivity index is 2.57. The minimum atomic E-state index is -0.454. The molecular formula is C17H34N2O3. The lowest BCUT2D eigenvalue weighted by Gasteiger charge is -2.31. The Bertz CT molecular complexity index is 348. The second kappa shape index (κ2) is 8.16. The van der Waals surface area contributed by atoms with Crippen molar-refractivity contribution in [1.82, 2.24) is 10.2 Å². The zero-order valence-electron chi connectivity index (χ0n) is 14.9. The first kappa shape index (κ1) is 19.2. The van der Waals surface area contributed by atoms with E-state index in [0.717, 1.165) is 38.8 Å². The molecule has 130 valence electrons. The van der Waals surface area contributed by atoms with E-state index in [1.807, 2.05) is 25.7 Å². The van der Waals surface area contributed by atoms with Crippen molar-refractivity contribution < 1.29 is 14.6 Å². The van der Waals surface area contributed by atoms with Crippen LogP contribution in [0.2, 0.25) is 0 Å². The zero-order chi connectivity index (χ0) is 16.8. The van der Waals surface area contributed by atoms with Crippen LogP contribution in [0.1, 0.15) is 60.3 Å². The maximum atomic E-state index is 12.3. The van der Waals surface area contributed by atoms with Crippen molar-refractivity contribution in [2.24, 2.45) is 5.41 Å². The lowest BCUT2D eigenvalue weighted by Crippen LogP contribution is -2.47. The van der Waals surface area contributed by atoms with Crippen molar-refractivity contribution in [2.45, 2.75) is 71.9 Å². The third-order valence-electron chi connectivity index (χ3n) is 4.38. The van der Waals surface area contributed by atoms with Crippen LogP contribution in [0.4, 0.5) is 4.79 Å². The fourth-order valence-corrected chi connectivity index (χ4v) is 2.48. The van der Waals surface area contributed by atoms with E-state index in [2.05, 4.69) is 19.2 Å². The molecule has 22 heavy (non-hydrogen) atoms. The molecule has 0 aromatic rings. The van der Waals surface area contributed by atoms with Crippen LogP contribution < -0.4 is 5.32 Å². The number of ether oxygens (including phenoxy) is 1. The molecule has 2 atom stereocenters. The Hall–Kier alpha value is -0.810. The van der Waals surface area contributed by atoms with Crippen molar-refractivity contribution in [3.8, 4) is 0 Å². The normalized spacial score (nSPS) is 22.8. The average Bonchev–Trinajstić information content (AvgIpc) is 2.68. The Kier molecular flexibility index (Phi) is 7.13. The van der Waals surface area contributed by atoms with Crippen LogP contribution in [-0.2, 0) is 4.74 Å². The van der Waals surface area contributed by atoms with E-state index in [0.29, 0.717) is 6.54 Å². The molecule has 0 radical (unpaired) electrons. The van der Waals surface area contributed by atoms with Gasteiger partial charge in [-0.2, -0.15) is 0 Å². The van der Waals surface area contributed by atoms with E-state index in [1.54, 1.807) is 0 Å². The van der Waals surface area contributed by atoms with Gasteiger partial charge in [0.25, 0.3) is 0 Å². The molecule has 1 saturated heterocycles. The van der Waals surface area contributed by atoms with Crippen LogP contribution in [0, 0.1) is 5.41 Å². The molecule has 0 aromatic heterocycles. The van der Waals surface area contributed by atoms with Gasteiger partial charge in [-0.15, -0.1) is 0 Å². The van der Waals surface area contributed by atoms with Gasteiger partial charge in [0, 0.05) is 37.7 Å². The summed E-state index contributed by atoms with van der Waals surface area (Å²) in [6.45, 7) is 12.3. The number of carbonyl (C=O) groups is 1. The molecule has 0 aliphatic carbocycles. The topological polar surface area (TPSA) is 61.8 Å². The Morgan fingerprint density at radius 3 is 2.55 bits per heavy atom. The predicted molar refractivity (Wildman–Crippen MR) is 88.9 cm³/mol. The molecule has 5 nitrogen and oxygen atoms in total. The first-order chi connectivity index (χ1) is 10.2. The summed E-state index contributed by atoms with van der Waals surface area (Å²) in [4.78, 5) is 14.1. The zero-order valence-corrected chi connectivity index (χ0v) is 14.9. The van der Waals surface area contributed by atoms with E-state index in [1.165, 1.54) is 0 Å². The van der Waals surface area contributed by atoms with Crippen molar-refractivity contribution in [3.63, 3.8) is 0 Å². The fraction of sp³-hybridized carbons (Fsp3) is 0.941. The lowest BCUT2D eigenvalue weighted by molar-refractivity contribution is 0.0240. The highest BCUT2D eigenvalue weighted by Crippen LogP contribution is 2.20. The number of aliphatic hydroxyl groups is 1. The largest absolute Gasteiger partial charge is 0.444 e. The number of aliphatic hydroxyl groups excluding tert-OH is 1. The summed E-state index contributed by atoms with van der Waals surface area (Å²) in [5, 5.41) is 13.1. The molecule has 1 aliphatic rings. The lowest BCUT2D eigenvalue weighted by atomic mass is 9.88. The highest BCUT2D eigenvalue weighted by atomic mass is 16.6. The molecule has 5 heteroatoms. The molecule has 1 rings (SSSR count). The molecule has 1 aliphatic heterocycles. The second-order valence-corrected chi connectivity index (χ2v) is 7.82. The summed E-state index contributed by atoms with van der Waals surface area (Å²) in [6, 6.07) is 0.271. The molecular weight excluding hydrogens is 280 g/mol. The maximum absolute atomic E-state index is 12.3. The molecule has 1 amide bonds. The van der Waals surface area contributed by atoms with Crippen LogP contribution in [0.15, 0.2) is 0 Å². The van der Waals surface area contributed by atoms with Crippen molar-refractivity contribution in [3.05, 3.63) is 0 Å². The summed E-state index contributed by atoms with van der Waals surface area (Å²) >= 11 is 0. The summed E-state index contributed by atoms with van der Waals surface area (Å²) < 4.78 is 5.49. The molecule has 2 N–H and O–H groups in total. The Morgan fingerprint density at radius 2 is 2.00 bits per heavy atom. The van der Waals surface area contributed by atoms with E-state index in [9.17, 15) is 9.90 Å². The number of carbonyl (C=O) groups excluding carboxylic acids is 1. The second-order valence-electron chi connectivity index (χ2n) is 7.82. The van der Waals surface area contributed by atoms with E-state index in [4.69, 9.17) is 4.74 Å². The summed E-state index contributed by atoms with van der Waals surface area (Å²) in [6.07, 6.45) is 3.90. The van der Waals surface area contributed by atoms with Gasteiger partial charge in [0.1, 0.15) is 5.60 Å². The average molecular weight is 314 g/mol. The molecule has 0 spiro atoms. The molecule has 0 aromatic carbocycles. The summed E-state index contributed by atoms with van der Waals surface area (Å²) in [7, 11) is 0. The van der Waals surface area contributed by atoms with Gasteiger partial charge < -0.3 is 20.1 Å². The van der Waals surface area contributed by atoms with Gasteiger partial charge in [-0.05, 0) is 40.0 Å². The first-order valence-electron chi connectivity index (χ1n) is 8.51. The van der Waals surface area contributed by atoms with Gasteiger partial charge in [-0.1, -0.05) is 20.3 Å². The predicted octanol–water partition coefficient (Wildman–Crippen LogP) is 2.77. The van der Waals surface area contributed by atoms with Crippen molar-refractivity contribution in [1.29, 1.82) is 0 Å². The summed E-state index contributed by atoms with van der Waals surface area (Å²) in [5.41, 5.74) is -0.549. The van der Waals surface area contributed by atoms with Crippen LogP contribution in [0.5, 0.6) is 0 Å². The van der Waals surface area contributed by atoms with Crippen LogP contribution in [0.3, 0.4) is 0 Å². The molecule has 0 bridgehead atoms.